The summed E-state index contributed by atoms with van der Waals surface area (Å²) in [7, 11) is 0. The zero-order valence-electron chi connectivity index (χ0n) is 20.5. The van der Waals surface area contributed by atoms with Crippen molar-refractivity contribution in [3.05, 3.63) is 94.5 Å². The summed E-state index contributed by atoms with van der Waals surface area (Å²) in [4.78, 5) is 29.8. The number of carbonyl (C=O) groups excluding carboxylic acids is 1. The summed E-state index contributed by atoms with van der Waals surface area (Å²) >= 11 is 0. The van der Waals surface area contributed by atoms with Gasteiger partial charge in [0.25, 0.3) is 11.5 Å². The Labute approximate surface area is 223 Å². The molecule has 40 heavy (non-hydrogen) atoms. The number of pyridine rings is 1. The van der Waals surface area contributed by atoms with Crippen LogP contribution in [0.1, 0.15) is 10.4 Å². The van der Waals surface area contributed by atoms with Crippen molar-refractivity contribution in [2.45, 2.75) is 6.04 Å². The number of nitrogens with zero attached hydrogens (tertiary/aromatic N) is 4. The molecule has 5 rings (SSSR count). The van der Waals surface area contributed by atoms with E-state index in [0.29, 0.717) is 11.0 Å². The number of hydrogen-bond donors (Lipinski definition) is 5. The number of hydrogen-bond acceptors (Lipinski definition) is 9. The zero-order valence-corrected chi connectivity index (χ0v) is 20.5. The summed E-state index contributed by atoms with van der Waals surface area (Å²) < 4.78 is 35.0. The summed E-state index contributed by atoms with van der Waals surface area (Å²) in [6.45, 7) is -0.717. The van der Waals surface area contributed by atoms with Crippen LogP contribution in [-0.2, 0) is 0 Å². The number of aromatic amines is 1. The van der Waals surface area contributed by atoms with Crippen LogP contribution in [0.2, 0.25) is 0 Å². The third-order valence-electron chi connectivity index (χ3n) is 5.78. The van der Waals surface area contributed by atoms with E-state index in [0.717, 1.165) is 22.9 Å². The van der Waals surface area contributed by atoms with Gasteiger partial charge in [0.15, 0.2) is 23.0 Å². The highest BCUT2D eigenvalue weighted by molar-refractivity contribution is 6.04. The second-order valence-electron chi connectivity index (χ2n) is 8.45. The first kappa shape index (κ1) is 26.4. The van der Waals surface area contributed by atoms with E-state index in [-0.39, 0.29) is 47.5 Å². The highest BCUT2D eigenvalue weighted by Gasteiger charge is 2.19. The molecule has 0 unspecified atom stereocenters. The zero-order chi connectivity index (χ0) is 28.2. The van der Waals surface area contributed by atoms with E-state index >= 15 is 4.39 Å². The Bertz CT molecular complexity index is 1740. The van der Waals surface area contributed by atoms with Gasteiger partial charge in [0, 0.05) is 30.2 Å². The maximum Gasteiger partial charge on any atom is 0.284 e. The van der Waals surface area contributed by atoms with Crippen LogP contribution in [0.25, 0.3) is 16.7 Å². The van der Waals surface area contributed by atoms with E-state index in [2.05, 4.69) is 30.9 Å². The Hall–Kier alpha value is -5.21. The minimum Gasteiger partial charge on any atom is -0.453 e. The molecular weight excluding hydrogens is 528 g/mol. The van der Waals surface area contributed by atoms with Crippen LogP contribution in [0.4, 0.5) is 20.3 Å². The van der Waals surface area contributed by atoms with Gasteiger partial charge in [0.1, 0.15) is 22.5 Å². The van der Waals surface area contributed by atoms with Gasteiger partial charge in [0.2, 0.25) is 0 Å². The first-order chi connectivity index (χ1) is 19.4. The highest BCUT2D eigenvalue weighted by Crippen LogP contribution is 2.34. The molecule has 12 nitrogen and oxygen atoms in total. The van der Waals surface area contributed by atoms with Crippen LogP contribution < -0.4 is 20.9 Å². The van der Waals surface area contributed by atoms with Gasteiger partial charge in [0.05, 0.1) is 24.9 Å². The average molecular weight is 549 g/mol. The topological polar surface area (TPSA) is 167 Å². The van der Waals surface area contributed by atoms with E-state index in [1.807, 2.05) is 0 Å². The molecule has 0 aliphatic carbocycles. The van der Waals surface area contributed by atoms with E-state index in [1.54, 1.807) is 0 Å². The summed E-state index contributed by atoms with van der Waals surface area (Å²) in [6.07, 6.45) is 2.67. The SMILES string of the molecule is O=C(Nc1ccc(Oc2ccnc3[nH]nc(NC(CO)CO)c23)c(F)c1)c1ccnn(-c2ccc(F)cc2)c1=O. The van der Waals surface area contributed by atoms with Crippen molar-refractivity contribution in [1.82, 2.24) is 25.0 Å². The lowest BCUT2D eigenvalue weighted by atomic mass is 10.2. The smallest absolute Gasteiger partial charge is 0.284 e. The lowest BCUT2D eigenvalue weighted by molar-refractivity contribution is 0.102. The monoisotopic (exact) mass is 549 g/mol. The van der Waals surface area contributed by atoms with E-state index < -0.39 is 29.1 Å². The van der Waals surface area contributed by atoms with Crippen LogP contribution >= 0.6 is 0 Å². The van der Waals surface area contributed by atoms with Gasteiger partial charge in [-0.2, -0.15) is 14.9 Å². The number of H-pyrrole nitrogens is 1. The third-order valence-corrected chi connectivity index (χ3v) is 5.78. The molecule has 3 aromatic heterocycles. The number of carbonyl (C=O) groups is 1. The number of aromatic nitrogens is 5. The minimum absolute atomic E-state index is 0.0543. The van der Waals surface area contributed by atoms with Crippen LogP contribution in [0.5, 0.6) is 11.5 Å². The Morgan fingerprint density at radius 3 is 2.52 bits per heavy atom. The van der Waals surface area contributed by atoms with Gasteiger partial charge in [-0.25, -0.2) is 13.8 Å². The van der Waals surface area contributed by atoms with Gasteiger partial charge >= 0.3 is 0 Å². The average Bonchev–Trinajstić information content (AvgIpc) is 3.37. The maximum absolute atomic E-state index is 15.0. The predicted molar refractivity (Wildman–Crippen MR) is 140 cm³/mol. The molecule has 1 amide bonds. The van der Waals surface area contributed by atoms with Gasteiger partial charge in [-0.1, -0.05) is 0 Å². The lowest BCUT2D eigenvalue weighted by Crippen LogP contribution is -2.29. The fourth-order valence-corrected chi connectivity index (χ4v) is 3.78. The Morgan fingerprint density at radius 1 is 1.02 bits per heavy atom. The number of aliphatic hydroxyl groups is 2. The fraction of sp³-hybridized carbons (Fsp3) is 0.115. The normalized spacial score (nSPS) is 11.1. The van der Waals surface area contributed by atoms with E-state index in [1.165, 1.54) is 48.8 Å². The van der Waals surface area contributed by atoms with Gasteiger partial charge in [-0.05, 0) is 42.5 Å². The number of nitrogens with one attached hydrogen (secondary N) is 3. The van der Waals surface area contributed by atoms with Gasteiger partial charge in [-0.15, -0.1) is 0 Å². The molecule has 0 spiro atoms. The Balaban J connectivity index is 1.36. The molecule has 5 aromatic rings. The fourth-order valence-electron chi connectivity index (χ4n) is 3.78. The minimum atomic E-state index is -0.817. The molecule has 0 atom stereocenters. The molecule has 2 aromatic carbocycles. The number of amides is 1. The van der Waals surface area contributed by atoms with Crippen molar-refractivity contribution in [2.75, 3.05) is 23.8 Å². The molecule has 204 valence electrons. The number of rotatable bonds is 9. The number of ether oxygens (including phenoxy) is 1. The van der Waals surface area contributed by atoms with Gasteiger partial charge in [-0.3, -0.25) is 14.7 Å². The Morgan fingerprint density at radius 2 is 1.80 bits per heavy atom. The molecule has 3 heterocycles. The second kappa shape index (κ2) is 11.3. The number of anilines is 2. The highest BCUT2D eigenvalue weighted by atomic mass is 19.1. The molecule has 0 saturated carbocycles. The maximum atomic E-state index is 15.0. The largest absolute Gasteiger partial charge is 0.453 e. The van der Waals surface area contributed by atoms with Gasteiger partial charge < -0.3 is 25.6 Å². The molecule has 0 radical (unpaired) electrons. The Kier molecular flexibility index (Phi) is 7.43. The third kappa shape index (κ3) is 5.34. The molecule has 0 aliphatic rings. The summed E-state index contributed by atoms with van der Waals surface area (Å²) in [5, 5.41) is 35.1. The van der Waals surface area contributed by atoms with Crippen LogP contribution in [0, 0.1) is 11.6 Å². The molecule has 14 heteroatoms. The molecule has 0 aliphatic heterocycles. The van der Waals surface area contributed by atoms with E-state index in [4.69, 9.17) is 4.74 Å². The van der Waals surface area contributed by atoms with Crippen molar-refractivity contribution < 1.29 is 28.5 Å². The number of halogens is 2. The van der Waals surface area contributed by atoms with Crippen LogP contribution in [0.15, 0.2) is 71.8 Å². The quantitative estimate of drug-likeness (QED) is 0.186. The van der Waals surface area contributed by atoms with Crippen LogP contribution in [-0.4, -0.2) is 60.3 Å². The molecule has 0 bridgehead atoms. The first-order valence-electron chi connectivity index (χ1n) is 11.8. The van der Waals surface area contributed by atoms with Crippen molar-refractivity contribution in [3.8, 4) is 17.2 Å². The molecule has 0 fully saturated rings. The van der Waals surface area contributed by atoms with Crippen molar-refractivity contribution in [3.63, 3.8) is 0 Å². The van der Waals surface area contributed by atoms with Crippen molar-refractivity contribution >= 4 is 28.4 Å². The number of fused-ring (bicyclic) bond motifs is 1. The number of aliphatic hydroxyl groups excluding tert-OH is 2. The molecule has 5 N–H and O–H groups in total. The summed E-state index contributed by atoms with van der Waals surface area (Å²) in [5.41, 5.74) is -0.370. The first-order valence-corrected chi connectivity index (χ1v) is 11.8. The van der Waals surface area contributed by atoms with Crippen molar-refractivity contribution in [1.29, 1.82) is 0 Å². The summed E-state index contributed by atoms with van der Waals surface area (Å²) in [5.74, 6) is -1.87. The summed E-state index contributed by atoms with van der Waals surface area (Å²) in [6, 6.07) is 10.7. The second-order valence-corrected chi connectivity index (χ2v) is 8.45. The lowest BCUT2D eigenvalue weighted by Gasteiger charge is -2.14. The molecular formula is C26H21F2N7O5. The molecule has 0 saturated heterocycles. The standard InChI is InChI=1S/C26H21F2N7O5/c27-14-1-4-17(5-2-14)35-26(39)18(7-10-30-35)25(38)32-15-3-6-20(19(28)11-15)40-21-8-9-29-23-22(21)24(34-33-23)31-16(12-36)13-37/h1-11,16,36-37H,12-13H2,(H,32,38)(H2,29,31,33,34). The van der Waals surface area contributed by atoms with E-state index in [9.17, 15) is 24.2 Å². The van der Waals surface area contributed by atoms with Crippen LogP contribution in [0.3, 0.4) is 0 Å². The predicted octanol–water partition coefficient (Wildman–Crippen LogP) is 2.59. The van der Waals surface area contributed by atoms with Crippen molar-refractivity contribution in [2.24, 2.45) is 0 Å². The number of benzene rings is 2.